The predicted molar refractivity (Wildman–Crippen MR) is 54.9 cm³/mol. The van der Waals surface area contributed by atoms with E-state index in [4.69, 9.17) is 26.6 Å². The van der Waals surface area contributed by atoms with Crippen molar-refractivity contribution in [3.8, 4) is 5.75 Å². The Morgan fingerprint density at radius 1 is 1.35 bits per heavy atom. The minimum Gasteiger partial charge on any atom is -0.489 e. The molecule has 0 saturated carbocycles. The summed E-state index contributed by atoms with van der Waals surface area (Å²) in [5.74, 6) is -0.0556. The van der Waals surface area contributed by atoms with Crippen molar-refractivity contribution in [2.24, 2.45) is 0 Å². The van der Waals surface area contributed by atoms with Gasteiger partial charge in [-0.05, 0) is 6.07 Å². The van der Waals surface area contributed by atoms with Gasteiger partial charge in [-0.2, -0.15) is 13.2 Å². The van der Waals surface area contributed by atoms with Crippen molar-refractivity contribution in [1.82, 2.24) is 0 Å². The van der Waals surface area contributed by atoms with Crippen LogP contribution in [-0.2, 0) is 6.61 Å². The van der Waals surface area contributed by atoms with E-state index in [1.165, 1.54) is 18.2 Å². The molecular weight excluding hydrogens is 261 g/mol. The SMILES string of the molecule is OCc1cccc(Cl)c1OCC(O)C(F)(F)F. The summed E-state index contributed by atoms with van der Waals surface area (Å²) in [6.45, 7) is -1.39. The summed E-state index contributed by atoms with van der Waals surface area (Å²) < 4.78 is 40.9. The van der Waals surface area contributed by atoms with Gasteiger partial charge in [0.05, 0.1) is 11.6 Å². The zero-order valence-electron chi connectivity index (χ0n) is 8.54. The van der Waals surface area contributed by atoms with Crippen LogP contribution in [0.4, 0.5) is 13.2 Å². The molecule has 0 bridgehead atoms. The lowest BCUT2D eigenvalue weighted by Gasteiger charge is -2.17. The number of para-hydroxylation sites is 1. The van der Waals surface area contributed by atoms with Crippen LogP contribution in [0.3, 0.4) is 0 Å². The molecule has 0 aliphatic rings. The summed E-state index contributed by atoms with van der Waals surface area (Å²) in [7, 11) is 0. The highest BCUT2D eigenvalue weighted by Crippen LogP contribution is 2.30. The molecule has 1 aromatic carbocycles. The third kappa shape index (κ3) is 3.76. The van der Waals surface area contributed by atoms with E-state index in [9.17, 15) is 13.2 Å². The number of rotatable bonds is 4. The first-order valence-corrected chi connectivity index (χ1v) is 5.00. The molecule has 0 aliphatic heterocycles. The summed E-state index contributed by atoms with van der Waals surface area (Å²) >= 11 is 5.71. The van der Waals surface area contributed by atoms with Gasteiger partial charge in [0.2, 0.25) is 0 Å². The number of hydrogen-bond acceptors (Lipinski definition) is 3. The van der Waals surface area contributed by atoms with E-state index in [1.54, 1.807) is 0 Å². The first-order chi connectivity index (χ1) is 7.86. The number of benzene rings is 1. The van der Waals surface area contributed by atoms with Crippen LogP contribution in [0.15, 0.2) is 18.2 Å². The first-order valence-electron chi connectivity index (χ1n) is 4.62. The summed E-state index contributed by atoms with van der Waals surface area (Å²) in [5, 5.41) is 17.8. The van der Waals surface area contributed by atoms with E-state index >= 15 is 0 Å². The summed E-state index contributed by atoms with van der Waals surface area (Å²) in [5.41, 5.74) is 0.256. The maximum absolute atomic E-state index is 12.0. The fraction of sp³-hybridized carbons (Fsp3) is 0.400. The van der Waals surface area contributed by atoms with Crippen molar-refractivity contribution >= 4 is 11.6 Å². The molecule has 0 aromatic heterocycles. The predicted octanol–water partition coefficient (Wildman–Crippen LogP) is 2.13. The van der Waals surface area contributed by atoms with Crippen molar-refractivity contribution in [2.45, 2.75) is 18.9 Å². The van der Waals surface area contributed by atoms with Crippen LogP contribution in [0.1, 0.15) is 5.56 Å². The Bertz CT molecular complexity index is 382. The zero-order chi connectivity index (χ0) is 13.1. The van der Waals surface area contributed by atoms with Gasteiger partial charge in [0.1, 0.15) is 12.4 Å². The average Bonchev–Trinajstić information content (AvgIpc) is 2.25. The van der Waals surface area contributed by atoms with Crippen molar-refractivity contribution in [1.29, 1.82) is 0 Å². The third-order valence-corrected chi connectivity index (χ3v) is 2.28. The molecule has 3 nitrogen and oxygen atoms in total. The van der Waals surface area contributed by atoms with Crippen LogP contribution in [0.5, 0.6) is 5.75 Å². The van der Waals surface area contributed by atoms with E-state index in [0.29, 0.717) is 0 Å². The molecular formula is C10H10ClF3O3. The molecule has 1 unspecified atom stereocenters. The fourth-order valence-corrected chi connectivity index (χ4v) is 1.35. The molecule has 2 N–H and O–H groups in total. The number of halogens is 4. The Balaban J connectivity index is 2.76. The summed E-state index contributed by atoms with van der Waals surface area (Å²) in [6, 6.07) is 4.40. The number of alkyl halides is 3. The van der Waals surface area contributed by atoms with Crippen molar-refractivity contribution in [3.05, 3.63) is 28.8 Å². The number of aliphatic hydroxyl groups is 2. The number of ether oxygens (including phenoxy) is 1. The van der Waals surface area contributed by atoms with Gasteiger partial charge in [0, 0.05) is 5.56 Å². The van der Waals surface area contributed by atoms with Crippen LogP contribution in [0, 0.1) is 0 Å². The van der Waals surface area contributed by atoms with Gasteiger partial charge in [-0.1, -0.05) is 23.7 Å². The third-order valence-electron chi connectivity index (χ3n) is 1.98. The van der Waals surface area contributed by atoms with Gasteiger partial charge < -0.3 is 14.9 Å². The molecule has 0 radical (unpaired) electrons. The Labute approximate surface area is 100 Å². The maximum Gasteiger partial charge on any atom is 0.417 e. The van der Waals surface area contributed by atoms with Crippen LogP contribution in [0.2, 0.25) is 5.02 Å². The zero-order valence-corrected chi connectivity index (χ0v) is 9.29. The van der Waals surface area contributed by atoms with Crippen LogP contribution in [-0.4, -0.2) is 29.1 Å². The Morgan fingerprint density at radius 2 is 2.00 bits per heavy atom. The second-order valence-corrected chi connectivity index (χ2v) is 3.66. The Morgan fingerprint density at radius 3 is 2.53 bits per heavy atom. The lowest BCUT2D eigenvalue weighted by Crippen LogP contribution is -2.34. The molecule has 0 amide bonds. The van der Waals surface area contributed by atoms with Crippen molar-refractivity contribution in [2.75, 3.05) is 6.61 Å². The molecule has 0 fully saturated rings. The molecule has 0 aliphatic carbocycles. The smallest absolute Gasteiger partial charge is 0.417 e. The minimum atomic E-state index is -4.75. The van der Waals surface area contributed by atoms with E-state index in [0.717, 1.165) is 0 Å². The van der Waals surface area contributed by atoms with Crippen molar-refractivity contribution in [3.63, 3.8) is 0 Å². The summed E-state index contributed by atoms with van der Waals surface area (Å²) in [6.07, 6.45) is -7.34. The quantitative estimate of drug-likeness (QED) is 0.881. The van der Waals surface area contributed by atoms with Gasteiger partial charge >= 0.3 is 6.18 Å². The van der Waals surface area contributed by atoms with E-state index < -0.39 is 25.5 Å². The second kappa shape index (κ2) is 5.57. The molecule has 1 aromatic rings. The Kier molecular flexibility index (Phi) is 4.62. The lowest BCUT2D eigenvalue weighted by molar-refractivity contribution is -0.210. The van der Waals surface area contributed by atoms with E-state index in [1.807, 2.05) is 0 Å². The molecule has 96 valence electrons. The number of aliphatic hydroxyl groups excluding tert-OH is 2. The number of hydrogen-bond donors (Lipinski definition) is 2. The second-order valence-electron chi connectivity index (χ2n) is 3.25. The minimum absolute atomic E-state index is 0.0556. The van der Waals surface area contributed by atoms with Crippen LogP contribution in [0.25, 0.3) is 0 Å². The van der Waals surface area contributed by atoms with Gasteiger partial charge in [0.25, 0.3) is 0 Å². The molecule has 0 saturated heterocycles. The largest absolute Gasteiger partial charge is 0.489 e. The van der Waals surface area contributed by atoms with Gasteiger partial charge in [0.15, 0.2) is 6.10 Å². The summed E-state index contributed by atoms with van der Waals surface area (Å²) in [4.78, 5) is 0. The molecule has 7 heteroatoms. The normalized spacial score (nSPS) is 13.5. The topological polar surface area (TPSA) is 49.7 Å². The molecule has 0 spiro atoms. The highest BCUT2D eigenvalue weighted by Gasteiger charge is 2.38. The van der Waals surface area contributed by atoms with Gasteiger partial charge in [-0.25, -0.2) is 0 Å². The molecule has 17 heavy (non-hydrogen) atoms. The molecule has 0 heterocycles. The highest BCUT2D eigenvalue weighted by molar-refractivity contribution is 6.32. The maximum atomic E-state index is 12.0. The van der Waals surface area contributed by atoms with E-state index in [-0.39, 0.29) is 16.3 Å². The lowest BCUT2D eigenvalue weighted by atomic mass is 10.2. The first kappa shape index (κ1) is 14.1. The highest BCUT2D eigenvalue weighted by atomic mass is 35.5. The monoisotopic (exact) mass is 270 g/mol. The van der Waals surface area contributed by atoms with Crippen LogP contribution >= 0.6 is 11.6 Å². The molecule has 1 atom stereocenters. The standard InChI is InChI=1S/C10H10ClF3O3/c11-7-3-1-2-6(4-15)9(7)17-5-8(16)10(12,13)14/h1-3,8,15-16H,4-5H2. The van der Waals surface area contributed by atoms with Crippen LogP contribution < -0.4 is 4.74 Å². The average molecular weight is 271 g/mol. The Hall–Kier alpha value is -0.980. The van der Waals surface area contributed by atoms with E-state index in [2.05, 4.69) is 0 Å². The molecule has 1 rings (SSSR count). The fourth-order valence-electron chi connectivity index (χ4n) is 1.10. The van der Waals surface area contributed by atoms with Gasteiger partial charge in [-0.3, -0.25) is 0 Å². The van der Waals surface area contributed by atoms with Gasteiger partial charge in [-0.15, -0.1) is 0 Å². The van der Waals surface area contributed by atoms with Crippen molar-refractivity contribution < 1.29 is 28.1 Å².